The number of hydrazone groups is 1. The molecule has 1 aliphatic heterocycles. The van der Waals surface area contributed by atoms with E-state index < -0.39 is 0 Å². The molecular formula is C23H24N8OS. The van der Waals surface area contributed by atoms with Crippen LogP contribution in [0.4, 0.5) is 5.69 Å². The van der Waals surface area contributed by atoms with Gasteiger partial charge in [0.05, 0.1) is 22.3 Å². The Labute approximate surface area is 195 Å². The molecule has 0 bridgehead atoms. The van der Waals surface area contributed by atoms with Crippen molar-refractivity contribution in [2.75, 3.05) is 5.01 Å². The molecule has 5 rings (SSSR count). The van der Waals surface area contributed by atoms with E-state index in [0.29, 0.717) is 18.5 Å². The van der Waals surface area contributed by atoms with Crippen molar-refractivity contribution in [1.29, 1.82) is 0 Å². The number of fused-ring (bicyclic) bond motifs is 1. The molecule has 9 nitrogen and oxygen atoms in total. The maximum Gasteiger partial charge on any atom is 0.253 e. The fourth-order valence-corrected chi connectivity index (χ4v) is 4.57. The molecule has 4 aromatic heterocycles. The quantitative estimate of drug-likeness (QED) is 0.407. The summed E-state index contributed by atoms with van der Waals surface area (Å²) in [4.78, 5) is 24.5. The molecule has 0 saturated heterocycles. The molecule has 3 N–H and O–H groups in total. The maximum atomic E-state index is 13.2. The summed E-state index contributed by atoms with van der Waals surface area (Å²) in [5, 5.41) is 9.11. The topological polar surface area (TPSA) is 99.0 Å². The Kier molecular flexibility index (Phi) is 5.53. The fourth-order valence-electron chi connectivity index (χ4n) is 3.69. The Morgan fingerprint density at radius 2 is 2.03 bits per heavy atom. The second kappa shape index (κ2) is 8.64. The Balaban J connectivity index is 1.55. The van der Waals surface area contributed by atoms with E-state index in [1.165, 1.54) is 4.88 Å². The molecule has 0 radical (unpaired) electrons. The number of aromatic nitrogens is 3. The second-order valence-electron chi connectivity index (χ2n) is 7.79. The molecule has 0 aliphatic carbocycles. The summed E-state index contributed by atoms with van der Waals surface area (Å²) in [7, 11) is 0. The number of hydrogen-bond acceptors (Lipinski definition) is 8. The SMILES string of the molecule is CCC1=NNNN1c1cc(C(=O)NCc2ccc(C)nc2)cn2c(-c3ccc(C)s3)cnc12. The molecule has 168 valence electrons. The number of hydrazine groups is 2. The van der Waals surface area contributed by atoms with Crippen molar-refractivity contribution >= 4 is 34.4 Å². The van der Waals surface area contributed by atoms with E-state index in [4.69, 9.17) is 0 Å². The normalized spacial score (nSPS) is 13.3. The average molecular weight is 461 g/mol. The van der Waals surface area contributed by atoms with Crippen LogP contribution >= 0.6 is 11.3 Å². The van der Waals surface area contributed by atoms with Gasteiger partial charge in [-0.1, -0.05) is 13.0 Å². The zero-order chi connectivity index (χ0) is 22.9. The van der Waals surface area contributed by atoms with Crippen LogP contribution in [0.1, 0.15) is 39.8 Å². The van der Waals surface area contributed by atoms with Crippen LogP contribution in [0.15, 0.2) is 54.0 Å². The number of nitrogens with zero attached hydrogens (tertiary/aromatic N) is 5. The number of nitrogens with one attached hydrogen (secondary N) is 3. The van der Waals surface area contributed by atoms with Crippen LogP contribution in [0, 0.1) is 13.8 Å². The summed E-state index contributed by atoms with van der Waals surface area (Å²) in [6.07, 6.45) is 6.17. The van der Waals surface area contributed by atoms with Crippen molar-refractivity contribution in [3.8, 4) is 10.6 Å². The lowest BCUT2D eigenvalue weighted by molar-refractivity contribution is 0.0950. The van der Waals surface area contributed by atoms with Gasteiger partial charge < -0.3 is 5.32 Å². The van der Waals surface area contributed by atoms with E-state index in [9.17, 15) is 4.79 Å². The predicted octanol–water partition coefficient (Wildman–Crippen LogP) is 3.56. The third-order valence-electron chi connectivity index (χ3n) is 5.43. The fraction of sp³-hybridized carbons (Fsp3) is 0.217. The van der Waals surface area contributed by atoms with Gasteiger partial charge in [-0.3, -0.25) is 14.2 Å². The first-order chi connectivity index (χ1) is 16.0. The van der Waals surface area contributed by atoms with Gasteiger partial charge in [-0.2, -0.15) is 0 Å². The predicted molar refractivity (Wildman–Crippen MR) is 130 cm³/mol. The average Bonchev–Trinajstić information content (AvgIpc) is 3.56. The number of pyridine rings is 2. The molecule has 0 spiro atoms. The number of carbonyl (C=O) groups is 1. The molecule has 5 heterocycles. The van der Waals surface area contributed by atoms with Gasteiger partial charge in [0.15, 0.2) is 5.65 Å². The maximum absolute atomic E-state index is 13.2. The number of imidazole rings is 1. The highest BCUT2D eigenvalue weighted by molar-refractivity contribution is 7.15. The Hall–Kier alpha value is -3.76. The minimum atomic E-state index is -0.178. The number of thiophene rings is 1. The van der Waals surface area contributed by atoms with Gasteiger partial charge in [-0.05, 0) is 43.7 Å². The highest BCUT2D eigenvalue weighted by Gasteiger charge is 2.24. The van der Waals surface area contributed by atoms with Crippen LogP contribution < -0.4 is 21.4 Å². The highest BCUT2D eigenvalue weighted by Crippen LogP contribution is 2.32. The highest BCUT2D eigenvalue weighted by atomic mass is 32.1. The van der Waals surface area contributed by atoms with Crippen LogP contribution in [0.25, 0.3) is 16.2 Å². The zero-order valence-electron chi connectivity index (χ0n) is 18.6. The van der Waals surface area contributed by atoms with Gasteiger partial charge in [0.1, 0.15) is 11.5 Å². The Bertz CT molecular complexity index is 1350. The van der Waals surface area contributed by atoms with E-state index in [1.54, 1.807) is 17.5 Å². The van der Waals surface area contributed by atoms with E-state index in [0.717, 1.165) is 39.0 Å². The van der Waals surface area contributed by atoms with Crippen molar-refractivity contribution in [3.05, 3.63) is 70.6 Å². The van der Waals surface area contributed by atoms with Gasteiger partial charge in [0.2, 0.25) is 0 Å². The van der Waals surface area contributed by atoms with E-state index >= 15 is 0 Å². The molecule has 1 aliphatic rings. The molecule has 0 aromatic carbocycles. The van der Waals surface area contributed by atoms with Gasteiger partial charge in [-0.25, -0.2) is 15.5 Å². The number of carbonyl (C=O) groups excluding carboxylic acids is 1. The van der Waals surface area contributed by atoms with Crippen molar-refractivity contribution in [3.63, 3.8) is 0 Å². The number of rotatable bonds is 6. The first kappa shape index (κ1) is 21.1. The summed E-state index contributed by atoms with van der Waals surface area (Å²) >= 11 is 1.69. The summed E-state index contributed by atoms with van der Waals surface area (Å²) in [6, 6.07) is 9.90. The van der Waals surface area contributed by atoms with E-state index in [1.807, 2.05) is 53.8 Å². The molecule has 0 atom stereocenters. The molecule has 1 amide bonds. The van der Waals surface area contributed by atoms with Crippen LogP contribution in [0.2, 0.25) is 0 Å². The van der Waals surface area contributed by atoms with Crippen molar-refractivity contribution in [2.45, 2.75) is 33.7 Å². The standard InChI is InChI=1S/C23H24N8OS/c1-4-21-27-28-29-31(21)18-9-17(23(32)26-11-16-7-5-14(2)24-10-16)13-30-19(12-25-22(18)30)20-8-6-15(3)33-20/h5-10,12-13,28-29H,4,11H2,1-3H3,(H,26,32). The number of anilines is 1. The van der Waals surface area contributed by atoms with E-state index in [-0.39, 0.29) is 5.91 Å². The monoisotopic (exact) mass is 460 g/mol. The van der Waals surface area contributed by atoms with Gasteiger partial charge in [0, 0.05) is 35.9 Å². The number of hydrogen-bond donors (Lipinski definition) is 3. The minimum absolute atomic E-state index is 0.178. The lowest BCUT2D eigenvalue weighted by atomic mass is 10.2. The lowest BCUT2D eigenvalue weighted by Crippen LogP contribution is -2.41. The molecule has 0 fully saturated rings. The first-order valence-corrected chi connectivity index (χ1v) is 11.5. The number of amidine groups is 1. The third kappa shape index (κ3) is 4.06. The molecule has 33 heavy (non-hydrogen) atoms. The van der Waals surface area contributed by atoms with E-state index in [2.05, 4.69) is 50.5 Å². The zero-order valence-corrected chi connectivity index (χ0v) is 19.4. The van der Waals surface area contributed by atoms with Crippen LogP contribution in [-0.2, 0) is 6.54 Å². The Morgan fingerprint density at radius 1 is 1.15 bits per heavy atom. The smallest absolute Gasteiger partial charge is 0.253 e. The summed E-state index contributed by atoms with van der Waals surface area (Å²) < 4.78 is 1.97. The van der Waals surface area contributed by atoms with Crippen LogP contribution in [-0.4, -0.2) is 26.1 Å². The van der Waals surface area contributed by atoms with Gasteiger partial charge in [-0.15, -0.1) is 22.0 Å². The number of aryl methyl sites for hydroxylation is 2. The minimum Gasteiger partial charge on any atom is -0.348 e. The van der Waals surface area contributed by atoms with Crippen LogP contribution in [0.5, 0.6) is 0 Å². The van der Waals surface area contributed by atoms with Crippen molar-refractivity contribution in [2.24, 2.45) is 5.10 Å². The van der Waals surface area contributed by atoms with Gasteiger partial charge in [0.25, 0.3) is 5.91 Å². The Morgan fingerprint density at radius 3 is 2.76 bits per heavy atom. The molecule has 0 unspecified atom stereocenters. The lowest BCUT2D eigenvalue weighted by Gasteiger charge is -2.20. The summed E-state index contributed by atoms with van der Waals surface area (Å²) in [5.41, 5.74) is 10.6. The summed E-state index contributed by atoms with van der Waals surface area (Å²) in [6.45, 7) is 6.43. The summed E-state index contributed by atoms with van der Waals surface area (Å²) in [5.74, 6) is 0.625. The first-order valence-electron chi connectivity index (χ1n) is 10.7. The van der Waals surface area contributed by atoms with Crippen LogP contribution in [0.3, 0.4) is 0 Å². The second-order valence-corrected chi connectivity index (χ2v) is 9.08. The largest absolute Gasteiger partial charge is 0.348 e. The molecule has 0 saturated carbocycles. The van der Waals surface area contributed by atoms with Gasteiger partial charge >= 0.3 is 0 Å². The van der Waals surface area contributed by atoms with Crippen molar-refractivity contribution < 1.29 is 4.79 Å². The molecular weight excluding hydrogens is 436 g/mol. The molecule has 10 heteroatoms. The third-order valence-corrected chi connectivity index (χ3v) is 6.45. The molecule has 4 aromatic rings. The number of amides is 1. The van der Waals surface area contributed by atoms with Crippen molar-refractivity contribution in [1.82, 2.24) is 30.8 Å².